The number of hydrogen-bond donors (Lipinski definition) is 3. The third-order valence-electron chi connectivity index (χ3n) is 6.62. The average molecular weight is 469 g/mol. The maximum absolute atomic E-state index is 10.8. The van der Waals surface area contributed by atoms with Crippen LogP contribution in [0.3, 0.4) is 0 Å². The number of nitrogens with two attached hydrogens (primary N) is 1. The van der Waals surface area contributed by atoms with Crippen molar-refractivity contribution in [3.8, 4) is 0 Å². The Morgan fingerprint density at radius 3 is 2.94 bits per heavy atom. The van der Waals surface area contributed by atoms with Gasteiger partial charge in [0.1, 0.15) is 37.1 Å². The van der Waals surface area contributed by atoms with Crippen molar-refractivity contribution in [2.45, 2.75) is 37.5 Å². The second-order valence-electron chi connectivity index (χ2n) is 8.56. The van der Waals surface area contributed by atoms with E-state index in [1.54, 1.807) is 0 Å². The van der Waals surface area contributed by atoms with E-state index < -0.39 is 12.2 Å². The first-order valence-corrected chi connectivity index (χ1v) is 11.2. The van der Waals surface area contributed by atoms with Gasteiger partial charge in [0, 0.05) is 11.6 Å². The number of benzene rings is 1. The molecule has 1 unspecified atom stereocenters. The normalized spacial score (nSPS) is 29.7. The molecule has 0 saturated heterocycles. The van der Waals surface area contributed by atoms with Crippen molar-refractivity contribution < 1.29 is 15.1 Å². The second kappa shape index (κ2) is 8.74. The van der Waals surface area contributed by atoms with Crippen molar-refractivity contribution in [1.29, 1.82) is 0 Å². The molecule has 3 aliphatic rings. The molecule has 33 heavy (non-hydrogen) atoms. The van der Waals surface area contributed by atoms with Gasteiger partial charge in [0.15, 0.2) is 5.84 Å². The van der Waals surface area contributed by atoms with Crippen molar-refractivity contribution >= 4 is 46.3 Å². The van der Waals surface area contributed by atoms with E-state index in [0.29, 0.717) is 23.1 Å². The van der Waals surface area contributed by atoms with Crippen LogP contribution < -0.4 is 5.73 Å². The van der Waals surface area contributed by atoms with Gasteiger partial charge in [0.05, 0.1) is 22.7 Å². The van der Waals surface area contributed by atoms with Crippen LogP contribution in [0.2, 0.25) is 5.02 Å². The lowest BCUT2D eigenvalue weighted by molar-refractivity contribution is 0.00293. The van der Waals surface area contributed by atoms with Crippen LogP contribution in [-0.2, 0) is 11.3 Å². The lowest BCUT2D eigenvalue weighted by Crippen LogP contribution is -2.44. The average Bonchev–Trinajstić information content (AvgIpc) is 3.35. The molecule has 5 rings (SSSR count). The number of pyridine rings is 1. The van der Waals surface area contributed by atoms with Crippen LogP contribution in [0.4, 0.5) is 5.82 Å². The fourth-order valence-corrected chi connectivity index (χ4v) is 5.06. The zero-order valence-corrected chi connectivity index (χ0v) is 18.8. The maximum atomic E-state index is 10.8. The molecule has 172 valence electrons. The van der Waals surface area contributed by atoms with E-state index in [2.05, 4.69) is 20.1 Å². The summed E-state index contributed by atoms with van der Waals surface area (Å²) in [4.78, 5) is 19.7. The van der Waals surface area contributed by atoms with Gasteiger partial charge in [-0.1, -0.05) is 28.9 Å². The largest absolute Gasteiger partial charge is 0.398 e. The summed E-state index contributed by atoms with van der Waals surface area (Å²) in [5.41, 5.74) is 7.73. The first-order valence-electron chi connectivity index (χ1n) is 10.8. The minimum absolute atomic E-state index is 0.0543. The van der Waals surface area contributed by atoms with Gasteiger partial charge in [-0.25, -0.2) is 15.0 Å². The van der Waals surface area contributed by atoms with Gasteiger partial charge in [-0.3, -0.25) is 0 Å². The van der Waals surface area contributed by atoms with Gasteiger partial charge in [-0.05, 0) is 49.0 Å². The lowest BCUT2D eigenvalue weighted by Gasteiger charge is -2.29. The number of hydrogen-bond acceptors (Lipinski definition) is 8. The number of rotatable bonds is 5. The van der Waals surface area contributed by atoms with Gasteiger partial charge >= 0.3 is 0 Å². The third-order valence-corrected chi connectivity index (χ3v) is 6.92. The Morgan fingerprint density at radius 1 is 1.27 bits per heavy atom. The van der Waals surface area contributed by atoms with Crippen LogP contribution in [0.5, 0.6) is 0 Å². The van der Waals surface area contributed by atoms with Gasteiger partial charge in [-0.2, -0.15) is 0 Å². The molecule has 2 aliphatic heterocycles. The molecule has 0 radical (unpaired) electrons. The van der Waals surface area contributed by atoms with Crippen molar-refractivity contribution in [2.75, 3.05) is 12.8 Å². The predicted octanol–water partition coefficient (Wildman–Crippen LogP) is 2.36. The number of nitrogen functional groups attached to an aromatic ring is 1. The standard InChI is InChI=1S/C23H25ClN6O3/c1-33-29-22-15-6-7-30(23(15)27-11-26-22)18-10-14(19(31)20(18)32)5-3-12-2-4-13-9-16(24)21(25)28-17(13)8-12/h2,4,6-9,11,14-15,18-20,31-32H,3,5,10H2,1H3,(H2,25,28)/b29-22-/t14-,15?,18+,19+,20-/m0/s1. The van der Waals surface area contributed by atoms with Crippen LogP contribution in [0, 0.1) is 11.8 Å². The maximum Gasteiger partial charge on any atom is 0.183 e. The summed E-state index contributed by atoms with van der Waals surface area (Å²) in [6.45, 7) is 0. The SMILES string of the molecule is CO/N=C1\N=CN=C2C1C=CN2[C@@H]1C[C@H](CCc2ccc3cc(Cl)c(N)nc3c2)[C@@H](O)[C@H]1O. The molecule has 3 heterocycles. The van der Waals surface area contributed by atoms with E-state index in [1.165, 1.54) is 13.4 Å². The minimum Gasteiger partial charge on any atom is -0.398 e. The van der Waals surface area contributed by atoms with Gasteiger partial charge in [0.2, 0.25) is 0 Å². The molecule has 9 nitrogen and oxygen atoms in total. The summed E-state index contributed by atoms with van der Waals surface area (Å²) >= 11 is 6.06. The molecule has 1 aromatic carbocycles. The number of halogens is 1. The molecule has 2 aromatic rings. The van der Waals surface area contributed by atoms with E-state index in [4.69, 9.17) is 22.2 Å². The zero-order chi connectivity index (χ0) is 23.1. The number of fused-ring (bicyclic) bond motifs is 2. The summed E-state index contributed by atoms with van der Waals surface area (Å²) in [7, 11) is 1.47. The molecule has 1 aromatic heterocycles. The Kier molecular flexibility index (Phi) is 5.77. The second-order valence-corrected chi connectivity index (χ2v) is 8.96. The lowest BCUT2D eigenvalue weighted by atomic mass is 9.95. The van der Waals surface area contributed by atoms with Crippen LogP contribution in [0.15, 0.2) is 51.7 Å². The van der Waals surface area contributed by atoms with Crippen molar-refractivity contribution in [3.63, 3.8) is 0 Å². The molecule has 1 saturated carbocycles. The Hall–Kier alpha value is -3.01. The monoisotopic (exact) mass is 468 g/mol. The third kappa shape index (κ3) is 3.96. The number of aliphatic hydroxyl groups is 2. The van der Waals surface area contributed by atoms with Gasteiger partial charge in [0.25, 0.3) is 0 Å². The Morgan fingerprint density at radius 2 is 2.12 bits per heavy atom. The van der Waals surface area contributed by atoms with Crippen LogP contribution in [0.25, 0.3) is 10.9 Å². The summed E-state index contributed by atoms with van der Waals surface area (Å²) in [5.74, 6) is 1.28. The predicted molar refractivity (Wildman–Crippen MR) is 128 cm³/mol. The van der Waals surface area contributed by atoms with Crippen molar-refractivity contribution in [1.82, 2.24) is 9.88 Å². The molecule has 4 N–H and O–H groups in total. The number of anilines is 1. The summed E-state index contributed by atoms with van der Waals surface area (Å²) in [6.07, 6.45) is 5.67. The molecule has 1 fully saturated rings. The summed E-state index contributed by atoms with van der Waals surface area (Å²) in [5, 5.41) is 26.9. The highest BCUT2D eigenvalue weighted by atomic mass is 35.5. The molecule has 0 bridgehead atoms. The number of aliphatic hydroxyl groups excluding tert-OH is 2. The number of nitrogens with zero attached hydrogens (tertiary/aromatic N) is 5. The highest BCUT2D eigenvalue weighted by Gasteiger charge is 2.47. The van der Waals surface area contributed by atoms with E-state index in [9.17, 15) is 10.2 Å². The fourth-order valence-electron chi connectivity index (χ4n) is 4.90. The number of aromatic nitrogens is 1. The number of aryl methyl sites for hydroxylation is 1. The smallest absolute Gasteiger partial charge is 0.183 e. The highest BCUT2D eigenvalue weighted by Crippen LogP contribution is 2.37. The topological polar surface area (TPSA) is 129 Å². The summed E-state index contributed by atoms with van der Waals surface area (Å²) < 4.78 is 0. The number of amidine groups is 2. The quantitative estimate of drug-likeness (QED) is 0.578. The zero-order valence-electron chi connectivity index (χ0n) is 18.0. The Balaban J connectivity index is 1.28. The Bertz CT molecular complexity index is 1200. The first kappa shape index (κ1) is 21.8. The molecular weight excluding hydrogens is 444 g/mol. The van der Waals surface area contributed by atoms with E-state index in [0.717, 1.165) is 35.1 Å². The van der Waals surface area contributed by atoms with Crippen molar-refractivity contribution in [2.24, 2.45) is 27.0 Å². The highest BCUT2D eigenvalue weighted by molar-refractivity contribution is 6.33. The molecule has 0 spiro atoms. The Labute approximate surface area is 195 Å². The minimum atomic E-state index is -0.886. The van der Waals surface area contributed by atoms with Gasteiger partial charge < -0.3 is 25.7 Å². The molecule has 5 atom stereocenters. The molecule has 1 aliphatic carbocycles. The first-order chi connectivity index (χ1) is 16.0. The van der Waals surface area contributed by atoms with Crippen LogP contribution in [0.1, 0.15) is 18.4 Å². The summed E-state index contributed by atoms with van der Waals surface area (Å²) in [6, 6.07) is 7.54. The van der Waals surface area contributed by atoms with Crippen LogP contribution in [-0.4, -0.2) is 63.5 Å². The van der Waals surface area contributed by atoms with Crippen molar-refractivity contribution in [3.05, 3.63) is 47.1 Å². The van der Waals surface area contributed by atoms with E-state index in [-0.39, 0.29) is 17.9 Å². The van der Waals surface area contributed by atoms with E-state index in [1.807, 2.05) is 41.4 Å². The molecule has 10 heteroatoms. The molecule has 0 amide bonds. The van der Waals surface area contributed by atoms with Gasteiger partial charge in [-0.15, -0.1) is 0 Å². The van der Waals surface area contributed by atoms with E-state index >= 15 is 0 Å². The number of aliphatic imine (C=N–C) groups is 2. The number of oxime groups is 1. The van der Waals surface area contributed by atoms with Crippen LogP contribution >= 0.6 is 11.6 Å². The fraction of sp³-hybridized carbons (Fsp3) is 0.391. The molecular formula is C23H25ClN6O3.